The molecule has 0 aliphatic heterocycles. The molecule has 3 N–H and O–H groups in total. The van der Waals surface area contributed by atoms with Crippen LogP contribution in [0.15, 0.2) is 24.3 Å². The van der Waals surface area contributed by atoms with Crippen molar-refractivity contribution in [2.45, 2.75) is 84.0 Å². The molecule has 0 heterocycles. The summed E-state index contributed by atoms with van der Waals surface area (Å²) in [6.07, 6.45) is 14.4. The quantitative estimate of drug-likeness (QED) is 0.260. The average Bonchev–Trinajstić information content (AvgIpc) is 2.61. The number of para-hydroxylation sites is 2. The first-order valence-electron chi connectivity index (χ1n) is 9.99. The molecule has 0 fully saturated rings. The van der Waals surface area contributed by atoms with Gasteiger partial charge in [0.1, 0.15) is 0 Å². The highest BCUT2D eigenvalue weighted by molar-refractivity contribution is 7.80. The molecule has 26 heavy (non-hydrogen) atoms. The molecule has 0 bridgehead atoms. The number of anilines is 1. The zero-order valence-electron chi connectivity index (χ0n) is 16.1. The molecule has 0 spiro atoms. The number of carbonyl (C=O) groups is 1. The second kappa shape index (κ2) is 14.5. The van der Waals surface area contributed by atoms with Crippen molar-refractivity contribution < 1.29 is 9.53 Å². The molecular formula is C21H34N2O2S. The van der Waals surface area contributed by atoms with Gasteiger partial charge in [-0.15, -0.1) is 0 Å². The first kappa shape index (κ1) is 22.4. The van der Waals surface area contributed by atoms with Gasteiger partial charge < -0.3 is 10.5 Å². The van der Waals surface area contributed by atoms with E-state index in [2.05, 4.69) is 12.2 Å². The number of amides is 1. The van der Waals surface area contributed by atoms with Crippen molar-refractivity contribution in [1.82, 2.24) is 5.32 Å². The van der Waals surface area contributed by atoms with Gasteiger partial charge >= 0.3 is 0 Å². The van der Waals surface area contributed by atoms with Crippen molar-refractivity contribution >= 4 is 29.0 Å². The zero-order chi connectivity index (χ0) is 19.0. The molecule has 4 nitrogen and oxygen atoms in total. The van der Waals surface area contributed by atoms with Crippen molar-refractivity contribution in [2.75, 3.05) is 5.73 Å². The zero-order valence-corrected chi connectivity index (χ0v) is 16.9. The Kier molecular flexibility index (Phi) is 12.5. The van der Waals surface area contributed by atoms with E-state index in [1.807, 2.05) is 6.07 Å². The van der Waals surface area contributed by atoms with Crippen LogP contribution in [0.4, 0.5) is 5.69 Å². The molecule has 1 rings (SSSR count). The number of hydrogen-bond acceptors (Lipinski definition) is 4. The normalized spacial score (nSPS) is 10.5. The van der Waals surface area contributed by atoms with E-state index in [0.717, 1.165) is 12.8 Å². The lowest BCUT2D eigenvalue weighted by atomic mass is 10.1. The molecule has 0 aliphatic rings. The van der Waals surface area contributed by atoms with Gasteiger partial charge in [-0.3, -0.25) is 10.1 Å². The molecular weight excluding hydrogens is 344 g/mol. The minimum Gasteiger partial charge on any atom is -0.429 e. The standard InChI is InChI=1S/C21H34N2O2S/c1-2-3-4-5-6-7-8-9-10-11-12-17-20(24)23-21(26)25-19-16-14-13-15-18(19)22/h13-16H,2-12,17,22H2,1H3,(H,23,24,26). The summed E-state index contributed by atoms with van der Waals surface area (Å²) in [5, 5.41) is 2.66. The summed E-state index contributed by atoms with van der Waals surface area (Å²) in [6, 6.07) is 7.07. The van der Waals surface area contributed by atoms with Gasteiger partial charge in [0.15, 0.2) is 5.75 Å². The minimum atomic E-state index is -0.0968. The van der Waals surface area contributed by atoms with Crippen molar-refractivity contribution in [3.05, 3.63) is 24.3 Å². The molecule has 1 aromatic rings. The molecule has 0 aromatic heterocycles. The van der Waals surface area contributed by atoms with Gasteiger partial charge in [-0.1, -0.05) is 83.3 Å². The molecule has 0 radical (unpaired) electrons. The van der Waals surface area contributed by atoms with E-state index in [0.29, 0.717) is 17.9 Å². The molecule has 0 aliphatic carbocycles. The highest BCUT2D eigenvalue weighted by atomic mass is 32.1. The SMILES string of the molecule is CCCCCCCCCCCCCC(=O)NC(=S)Oc1ccccc1N. The molecule has 1 aromatic carbocycles. The fourth-order valence-corrected chi connectivity index (χ4v) is 3.03. The number of nitrogen functional groups attached to an aromatic ring is 1. The highest BCUT2D eigenvalue weighted by Crippen LogP contribution is 2.19. The summed E-state index contributed by atoms with van der Waals surface area (Å²) in [6.45, 7) is 2.25. The molecule has 0 saturated heterocycles. The van der Waals surface area contributed by atoms with E-state index in [-0.39, 0.29) is 11.1 Å². The van der Waals surface area contributed by atoms with Gasteiger partial charge in [0.2, 0.25) is 5.91 Å². The summed E-state index contributed by atoms with van der Waals surface area (Å²) in [5.41, 5.74) is 6.28. The van der Waals surface area contributed by atoms with Crippen LogP contribution in [0, 0.1) is 0 Å². The van der Waals surface area contributed by atoms with E-state index in [1.165, 1.54) is 57.8 Å². The molecule has 5 heteroatoms. The highest BCUT2D eigenvalue weighted by Gasteiger charge is 2.08. The van der Waals surface area contributed by atoms with Crippen LogP contribution in [-0.4, -0.2) is 11.1 Å². The van der Waals surface area contributed by atoms with Gasteiger partial charge in [-0.2, -0.15) is 0 Å². The van der Waals surface area contributed by atoms with Crippen LogP contribution in [0.2, 0.25) is 0 Å². The topological polar surface area (TPSA) is 64.3 Å². The Balaban J connectivity index is 1.98. The summed E-state index contributed by atoms with van der Waals surface area (Å²) >= 11 is 5.05. The predicted molar refractivity (Wildman–Crippen MR) is 113 cm³/mol. The van der Waals surface area contributed by atoms with E-state index in [4.69, 9.17) is 22.7 Å². The number of unbranched alkanes of at least 4 members (excludes halogenated alkanes) is 10. The summed E-state index contributed by atoms with van der Waals surface area (Å²) < 4.78 is 5.40. The Morgan fingerprint density at radius 3 is 2.08 bits per heavy atom. The van der Waals surface area contributed by atoms with Crippen molar-refractivity contribution in [2.24, 2.45) is 0 Å². The third-order valence-electron chi connectivity index (χ3n) is 4.37. The Bertz CT molecular complexity index is 534. The predicted octanol–water partition coefficient (Wildman–Crippen LogP) is 5.75. The third-order valence-corrected chi connectivity index (χ3v) is 4.56. The summed E-state index contributed by atoms with van der Waals surface area (Å²) in [7, 11) is 0. The first-order valence-corrected chi connectivity index (χ1v) is 10.4. The second-order valence-electron chi connectivity index (χ2n) is 6.76. The Hall–Kier alpha value is -1.62. The van der Waals surface area contributed by atoms with Gasteiger partial charge in [0.25, 0.3) is 5.17 Å². The maximum atomic E-state index is 11.9. The number of ether oxygens (including phenoxy) is 1. The fourth-order valence-electron chi connectivity index (χ4n) is 2.82. The van der Waals surface area contributed by atoms with Crippen LogP contribution in [0.5, 0.6) is 5.75 Å². The molecule has 0 unspecified atom stereocenters. The Morgan fingerprint density at radius 2 is 1.50 bits per heavy atom. The fraction of sp³-hybridized carbons (Fsp3) is 0.619. The monoisotopic (exact) mass is 378 g/mol. The first-order chi connectivity index (χ1) is 12.6. The van der Waals surface area contributed by atoms with Crippen molar-refractivity contribution in [3.8, 4) is 5.75 Å². The second-order valence-corrected chi connectivity index (χ2v) is 7.13. The average molecular weight is 379 g/mol. The smallest absolute Gasteiger partial charge is 0.269 e. The summed E-state index contributed by atoms with van der Waals surface area (Å²) in [5.74, 6) is 0.368. The van der Waals surface area contributed by atoms with Crippen LogP contribution in [0.1, 0.15) is 84.0 Å². The number of hydrogen-bond donors (Lipinski definition) is 2. The lowest BCUT2D eigenvalue weighted by Gasteiger charge is -2.10. The minimum absolute atomic E-state index is 0.0518. The maximum Gasteiger partial charge on any atom is 0.269 e. The van der Waals surface area contributed by atoms with Crippen LogP contribution in [0.3, 0.4) is 0 Å². The largest absolute Gasteiger partial charge is 0.429 e. The number of thiocarbonyl (C=S) groups is 1. The number of nitrogens with two attached hydrogens (primary N) is 1. The Morgan fingerprint density at radius 1 is 0.962 bits per heavy atom. The van der Waals surface area contributed by atoms with Crippen LogP contribution < -0.4 is 15.8 Å². The number of rotatable bonds is 13. The molecule has 1 amide bonds. The van der Waals surface area contributed by atoms with Gasteiger partial charge in [-0.25, -0.2) is 0 Å². The Labute approximate surface area is 163 Å². The van der Waals surface area contributed by atoms with Crippen LogP contribution in [-0.2, 0) is 4.79 Å². The lowest BCUT2D eigenvalue weighted by molar-refractivity contribution is -0.119. The van der Waals surface area contributed by atoms with E-state index in [1.54, 1.807) is 18.2 Å². The van der Waals surface area contributed by atoms with Crippen LogP contribution in [0.25, 0.3) is 0 Å². The van der Waals surface area contributed by atoms with Gasteiger partial charge in [0.05, 0.1) is 5.69 Å². The summed E-state index contributed by atoms with van der Waals surface area (Å²) in [4.78, 5) is 11.9. The molecule has 146 valence electrons. The van der Waals surface area contributed by atoms with Gasteiger partial charge in [0, 0.05) is 6.42 Å². The lowest BCUT2D eigenvalue weighted by Crippen LogP contribution is -2.32. The van der Waals surface area contributed by atoms with Gasteiger partial charge in [-0.05, 0) is 30.8 Å². The van der Waals surface area contributed by atoms with E-state index < -0.39 is 0 Å². The van der Waals surface area contributed by atoms with E-state index >= 15 is 0 Å². The van der Waals surface area contributed by atoms with E-state index in [9.17, 15) is 4.79 Å². The van der Waals surface area contributed by atoms with Crippen molar-refractivity contribution in [1.29, 1.82) is 0 Å². The third kappa shape index (κ3) is 11.1. The van der Waals surface area contributed by atoms with Crippen molar-refractivity contribution in [3.63, 3.8) is 0 Å². The molecule has 0 atom stereocenters. The number of benzene rings is 1. The maximum absolute atomic E-state index is 11.9. The molecule has 0 saturated carbocycles. The number of carbonyl (C=O) groups excluding carboxylic acids is 1. The van der Waals surface area contributed by atoms with Crippen LogP contribution >= 0.6 is 12.2 Å². The number of nitrogens with one attached hydrogen (secondary N) is 1.